The van der Waals surface area contributed by atoms with E-state index in [1.807, 2.05) is 19.1 Å². The Hall–Kier alpha value is -2.80. The Morgan fingerprint density at radius 2 is 1.93 bits per heavy atom. The minimum atomic E-state index is -0.771. The summed E-state index contributed by atoms with van der Waals surface area (Å²) >= 11 is 0. The molecule has 0 aliphatic heterocycles. The highest BCUT2D eigenvalue weighted by atomic mass is 19.1. The number of aryl methyl sites for hydroxylation is 1. The maximum absolute atomic E-state index is 12.9. The molecule has 0 bridgehead atoms. The van der Waals surface area contributed by atoms with Gasteiger partial charge in [-0.05, 0) is 56.2 Å². The lowest BCUT2D eigenvalue weighted by molar-refractivity contribution is 0.114. The van der Waals surface area contributed by atoms with Crippen molar-refractivity contribution in [3.63, 3.8) is 0 Å². The molecule has 2 rings (SSSR count). The normalized spacial score (nSPS) is 12.4. The van der Waals surface area contributed by atoms with Gasteiger partial charge in [-0.15, -0.1) is 0 Å². The number of benzene rings is 2. The lowest BCUT2D eigenvalue weighted by Gasteiger charge is -2.15. The van der Waals surface area contributed by atoms with Crippen LogP contribution in [0.1, 0.15) is 18.1 Å². The third kappa shape index (κ3) is 7.99. The van der Waals surface area contributed by atoms with Gasteiger partial charge in [0.2, 0.25) is 0 Å². The monoisotopic (exact) mass is 403 g/mol. The first-order chi connectivity index (χ1) is 14.0. The quantitative estimate of drug-likeness (QED) is 0.420. The number of hydrogen-bond donors (Lipinski definition) is 3. The number of aliphatic hydroxyl groups is 1. The zero-order valence-electron chi connectivity index (χ0n) is 17.2. The first-order valence-corrected chi connectivity index (χ1v) is 9.74. The maximum Gasteiger partial charge on any atom is 0.191 e. The number of halogens is 1. The standard InChI is InChI=1S/C22H30FN3O3/c1-4-24-22(25-12-11-17-13-16(2)5-10-21(17)28-3)26-14-19(27)15-29-20-8-6-18(23)7-9-20/h5-10,13,19,27H,4,11-12,14-15H2,1-3H3,(H2,24,25,26). The van der Waals surface area contributed by atoms with Crippen LogP contribution in [0.4, 0.5) is 4.39 Å². The predicted octanol–water partition coefficient (Wildman–Crippen LogP) is 2.68. The summed E-state index contributed by atoms with van der Waals surface area (Å²) in [5.74, 6) is 1.67. The third-order valence-electron chi connectivity index (χ3n) is 4.18. The smallest absolute Gasteiger partial charge is 0.191 e. The van der Waals surface area contributed by atoms with Gasteiger partial charge in [-0.1, -0.05) is 17.7 Å². The van der Waals surface area contributed by atoms with Crippen molar-refractivity contribution in [1.82, 2.24) is 10.6 Å². The van der Waals surface area contributed by atoms with Crippen LogP contribution in [0.2, 0.25) is 0 Å². The molecule has 0 spiro atoms. The van der Waals surface area contributed by atoms with Crippen LogP contribution in [0.3, 0.4) is 0 Å². The molecule has 2 aromatic carbocycles. The highest BCUT2D eigenvalue weighted by Gasteiger charge is 2.07. The number of nitrogens with one attached hydrogen (secondary N) is 2. The van der Waals surface area contributed by atoms with E-state index in [-0.39, 0.29) is 19.0 Å². The average molecular weight is 403 g/mol. The SMILES string of the molecule is CCNC(=NCC(O)COc1ccc(F)cc1)NCCc1cc(C)ccc1OC. The highest BCUT2D eigenvalue weighted by molar-refractivity contribution is 5.79. The summed E-state index contributed by atoms with van der Waals surface area (Å²) < 4.78 is 23.8. The number of rotatable bonds is 10. The molecule has 1 unspecified atom stereocenters. The van der Waals surface area contributed by atoms with E-state index in [2.05, 4.69) is 28.6 Å². The first-order valence-electron chi connectivity index (χ1n) is 9.74. The van der Waals surface area contributed by atoms with Crippen LogP contribution in [0, 0.1) is 12.7 Å². The summed E-state index contributed by atoms with van der Waals surface area (Å²) in [6.45, 7) is 5.68. The highest BCUT2D eigenvalue weighted by Crippen LogP contribution is 2.19. The van der Waals surface area contributed by atoms with Crippen molar-refractivity contribution >= 4 is 5.96 Å². The van der Waals surface area contributed by atoms with Gasteiger partial charge in [-0.2, -0.15) is 0 Å². The van der Waals surface area contributed by atoms with Crippen molar-refractivity contribution in [2.45, 2.75) is 26.4 Å². The third-order valence-corrected chi connectivity index (χ3v) is 4.18. The van der Waals surface area contributed by atoms with E-state index >= 15 is 0 Å². The Balaban J connectivity index is 1.82. The average Bonchev–Trinajstić information content (AvgIpc) is 2.71. The molecule has 0 aromatic heterocycles. The molecule has 0 saturated heterocycles. The second-order valence-electron chi connectivity index (χ2n) is 6.63. The van der Waals surface area contributed by atoms with Gasteiger partial charge in [0.15, 0.2) is 5.96 Å². The topological polar surface area (TPSA) is 75.1 Å². The van der Waals surface area contributed by atoms with Crippen LogP contribution >= 0.6 is 0 Å². The number of aliphatic imine (C=N–C) groups is 1. The summed E-state index contributed by atoms with van der Waals surface area (Å²) in [6, 6.07) is 11.8. The lowest BCUT2D eigenvalue weighted by Crippen LogP contribution is -2.39. The minimum Gasteiger partial charge on any atom is -0.496 e. The van der Waals surface area contributed by atoms with Gasteiger partial charge in [0, 0.05) is 13.1 Å². The zero-order chi connectivity index (χ0) is 21.1. The number of methoxy groups -OCH3 is 1. The van der Waals surface area contributed by atoms with Crippen molar-refractivity contribution in [2.24, 2.45) is 4.99 Å². The number of hydrogen-bond acceptors (Lipinski definition) is 4. The van der Waals surface area contributed by atoms with Crippen molar-refractivity contribution in [1.29, 1.82) is 0 Å². The number of guanidine groups is 1. The van der Waals surface area contributed by atoms with Gasteiger partial charge in [0.05, 0.1) is 13.7 Å². The van der Waals surface area contributed by atoms with E-state index in [1.54, 1.807) is 7.11 Å². The largest absolute Gasteiger partial charge is 0.496 e. The molecular weight excluding hydrogens is 373 g/mol. The summed E-state index contributed by atoms with van der Waals surface area (Å²) in [5.41, 5.74) is 2.31. The number of ether oxygens (including phenoxy) is 2. The van der Waals surface area contributed by atoms with Crippen molar-refractivity contribution in [3.8, 4) is 11.5 Å². The van der Waals surface area contributed by atoms with E-state index in [0.29, 0.717) is 24.8 Å². The van der Waals surface area contributed by atoms with Crippen LogP contribution in [0.25, 0.3) is 0 Å². The molecule has 0 amide bonds. The molecule has 1 atom stereocenters. The van der Waals surface area contributed by atoms with Gasteiger partial charge in [0.25, 0.3) is 0 Å². The molecule has 6 nitrogen and oxygen atoms in total. The molecular formula is C22H30FN3O3. The molecule has 3 N–H and O–H groups in total. The molecule has 158 valence electrons. The lowest BCUT2D eigenvalue weighted by atomic mass is 10.1. The van der Waals surface area contributed by atoms with E-state index in [1.165, 1.54) is 29.8 Å². The molecule has 29 heavy (non-hydrogen) atoms. The Labute approximate surface area is 171 Å². The summed E-state index contributed by atoms with van der Waals surface area (Å²) in [5, 5.41) is 16.5. The van der Waals surface area contributed by atoms with Crippen LogP contribution < -0.4 is 20.1 Å². The van der Waals surface area contributed by atoms with Crippen molar-refractivity contribution in [3.05, 3.63) is 59.4 Å². The van der Waals surface area contributed by atoms with E-state index < -0.39 is 6.10 Å². The van der Waals surface area contributed by atoms with Crippen LogP contribution in [-0.2, 0) is 6.42 Å². The van der Waals surface area contributed by atoms with E-state index in [0.717, 1.165) is 17.7 Å². The van der Waals surface area contributed by atoms with Crippen LogP contribution in [0.5, 0.6) is 11.5 Å². The number of nitrogens with zero attached hydrogens (tertiary/aromatic N) is 1. The Morgan fingerprint density at radius 1 is 1.17 bits per heavy atom. The van der Waals surface area contributed by atoms with Gasteiger partial charge in [0.1, 0.15) is 30.0 Å². The fourth-order valence-corrected chi connectivity index (χ4v) is 2.73. The number of aliphatic hydroxyl groups excluding tert-OH is 1. The Bertz CT molecular complexity index is 781. The molecule has 0 aliphatic carbocycles. The van der Waals surface area contributed by atoms with Crippen LogP contribution in [0.15, 0.2) is 47.5 Å². The van der Waals surface area contributed by atoms with E-state index in [9.17, 15) is 9.50 Å². The molecule has 0 radical (unpaired) electrons. The molecule has 2 aromatic rings. The van der Waals surface area contributed by atoms with Gasteiger partial charge >= 0.3 is 0 Å². The zero-order valence-corrected chi connectivity index (χ0v) is 17.2. The van der Waals surface area contributed by atoms with E-state index in [4.69, 9.17) is 9.47 Å². The summed E-state index contributed by atoms with van der Waals surface area (Å²) in [7, 11) is 1.67. The summed E-state index contributed by atoms with van der Waals surface area (Å²) in [4.78, 5) is 4.40. The fraction of sp³-hybridized carbons (Fsp3) is 0.409. The van der Waals surface area contributed by atoms with Gasteiger partial charge in [-0.3, -0.25) is 4.99 Å². The Kier molecular flexibility index (Phi) is 9.24. The molecule has 0 fully saturated rings. The second-order valence-corrected chi connectivity index (χ2v) is 6.63. The second kappa shape index (κ2) is 11.9. The molecule has 0 saturated carbocycles. The summed E-state index contributed by atoms with van der Waals surface area (Å²) in [6.07, 6.45) is 0.0123. The first kappa shape index (κ1) is 22.5. The van der Waals surface area contributed by atoms with Crippen molar-refractivity contribution in [2.75, 3.05) is 33.4 Å². The fourth-order valence-electron chi connectivity index (χ4n) is 2.73. The Morgan fingerprint density at radius 3 is 2.62 bits per heavy atom. The van der Waals surface area contributed by atoms with Gasteiger partial charge in [-0.25, -0.2) is 4.39 Å². The molecule has 0 heterocycles. The maximum atomic E-state index is 12.9. The van der Waals surface area contributed by atoms with Crippen LogP contribution in [-0.4, -0.2) is 50.5 Å². The molecule has 7 heteroatoms. The minimum absolute atomic E-state index is 0.0784. The predicted molar refractivity (Wildman–Crippen MR) is 113 cm³/mol. The van der Waals surface area contributed by atoms with Crippen molar-refractivity contribution < 1.29 is 19.0 Å². The molecule has 0 aliphatic rings. The van der Waals surface area contributed by atoms with Gasteiger partial charge < -0.3 is 25.2 Å².